The fraction of sp³-hybridized carbons (Fsp3) is 0.240. The van der Waals surface area contributed by atoms with Gasteiger partial charge >= 0.3 is 0 Å². The van der Waals surface area contributed by atoms with Crippen LogP contribution in [0.25, 0.3) is 26.9 Å². The van der Waals surface area contributed by atoms with Crippen LogP contribution in [0.3, 0.4) is 0 Å². The van der Waals surface area contributed by atoms with Gasteiger partial charge in [-0.05, 0) is 29.3 Å². The zero-order valence-electron chi connectivity index (χ0n) is 19.4. The largest absolute Gasteiger partial charge is 0.496 e. The van der Waals surface area contributed by atoms with Crippen LogP contribution in [-0.4, -0.2) is 63.0 Å². The first-order valence-corrected chi connectivity index (χ1v) is 11.8. The normalized spacial score (nSPS) is 13.8. The van der Waals surface area contributed by atoms with Gasteiger partial charge in [0.2, 0.25) is 5.91 Å². The summed E-state index contributed by atoms with van der Waals surface area (Å²) in [6.07, 6.45) is 1.24. The molecule has 0 radical (unpaired) electrons. The molecule has 2 heterocycles. The molecule has 4 rings (SSSR count). The van der Waals surface area contributed by atoms with Gasteiger partial charge < -0.3 is 31.2 Å². The summed E-state index contributed by atoms with van der Waals surface area (Å²) in [5.41, 5.74) is 14.6. The van der Waals surface area contributed by atoms with Gasteiger partial charge in [-0.15, -0.1) is 11.3 Å². The average Bonchev–Trinajstić information content (AvgIpc) is 3.25. The summed E-state index contributed by atoms with van der Waals surface area (Å²) in [5, 5.41) is 3.63. The number of fused-ring (bicyclic) bond motifs is 1. The molecule has 1 aromatic heterocycles. The molecule has 2 amide bonds. The van der Waals surface area contributed by atoms with Crippen molar-refractivity contribution in [3.63, 3.8) is 0 Å². The van der Waals surface area contributed by atoms with E-state index in [1.54, 1.807) is 17.0 Å². The van der Waals surface area contributed by atoms with E-state index >= 15 is 0 Å². The second-order valence-electron chi connectivity index (χ2n) is 7.89. The van der Waals surface area contributed by atoms with Crippen molar-refractivity contribution >= 4 is 51.0 Å². The molecule has 5 N–H and O–H groups in total. The lowest BCUT2D eigenvalue weighted by Crippen LogP contribution is -2.45. The Kier molecular flexibility index (Phi) is 7.33. The molecule has 3 aromatic rings. The molecule has 9 nitrogen and oxygen atoms in total. The number of amides is 2. The molecular formula is C25H27N5O4S. The number of rotatable bonds is 7. The van der Waals surface area contributed by atoms with E-state index in [0.717, 1.165) is 26.1 Å². The summed E-state index contributed by atoms with van der Waals surface area (Å²) in [6, 6.07) is 11.3. The Morgan fingerprint density at radius 2 is 1.94 bits per heavy atom. The van der Waals surface area contributed by atoms with Gasteiger partial charge in [0.25, 0.3) is 5.91 Å². The van der Waals surface area contributed by atoms with Gasteiger partial charge in [-0.2, -0.15) is 0 Å². The number of nitrogens with one attached hydrogen (secondary N) is 1. The van der Waals surface area contributed by atoms with Crippen molar-refractivity contribution in [3.8, 4) is 16.9 Å². The van der Waals surface area contributed by atoms with Gasteiger partial charge in [0, 0.05) is 28.9 Å². The molecule has 0 unspecified atom stereocenters. The Morgan fingerprint density at radius 1 is 1.23 bits per heavy atom. The molecule has 1 aliphatic heterocycles. The van der Waals surface area contributed by atoms with Gasteiger partial charge in [0.1, 0.15) is 5.75 Å². The summed E-state index contributed by atoms with van der Waals surface area (Å²) in [5.74, 6) is -0.111. The third-order valence-corrected chi connectivity index (χ3v) is 6.92. The highest BCUT2D eigenvalue weighted by atomic mass is 32.1. The Labute approximate surface area is 207 Å². The average molecular weight is 494 g/mol. The molecule has 35 heavy (non-hydrogen) atoms. The molecule has 182 valence electrons. The second-order valence-corrected chi connectivity index (χ2v) is 8.94. The number of methoxy groups -OCH3 is 1. The second kappa shape index (κ2) is 10.6. The van der Waals surface area contributed by atoms with Gasteiger partial charge in [0.15, 0.2) is 0 Å². The van der Waals surface area contributed by atoms with Crippen LogP contribution >= 0.6 is 11.3 Å². The topological polar surface area (TPSA) is 132 Å². The van der Waals surface area contributed by atoms with Crippen LogP contribution in [0.5, 0.6) is 5.75 Å². The maximum Gasteiger partial charge on any atom is 0.255 e. The number of carbonyl (C=O) groups excluding carboxylic acids is 2. The first-order valence-electron chi connectivity index (χ1n) is 11.0. The number of nitrogens with two attached hydrogens (primary N) is 2. The summed E-state index contributed by atoms with van der Waals surface area (Å²) >= 11 is 1.47. The number of ether oxygens (including phenoxy) is 2. The Hall–Kier alpha value is -3.89. The van der Waals surface area contributed by atoms with Gasteiger partial charge in [-0.3, -0.25) is 9.59 Å². The number of aliphatic imine (C=N–C) groups is 1. The smallest absolute Gasteiger partial charge is 0.255 e. The quantitative estimate of drug-likeness (QED) is 0.342. The number of morpholine rings is 1. The molecule has 0 aliphatic carbocycles. The fourth-order valence-electron chi connectivity index (χ4n) is 3.92. The summed E-state index contributed by atoms with van der Waals surface area (Å²) in [7, 11) is 1.50. The minimum atomic E-state index is -0.385. The molecule has 1 fully saturated rings. The highest BCUT2D eigenvalue weighted by Gasteiger charge is 2.20. The minimum absolute atomic E-state index is 0.0937. The minimum Gasteiger partial charge on any atom is -0.496 e. The maximum absolute atomic E-state index is 13.0. The van der Waals surface area contributed by atoms with E-state index in [0.29, 0.717) is 49.0 Å². The molecule has 0 atom stereocenters. The van der Waals surface area contributed by atoms with Crippen molar-refractivity contribution in [3.05, 3.63) is 53.4 Å². The van der Waals surface area contributed by atoms with Crippen LogP contribution in [0.1, 0.15) is 15.2 Å². The summed E-state index contributed by atoms with van der Waals surface area (Å²) in [4.78, 5) is 32.1. The predicted octanol–water partition coefficient (Wildman–Crippen LogP) is 2.71. The van der Waals surface area contributed by atoms with Crippen LogP contribution in [0.2, 0.25) is 0 Å². The number of thiophene rings is 1. The Morgan fingerprint density at radius 3 is 2.63 bits per heavy atom. The number of hydrogen-bond donors (Lipinski definition) is 3. The van der Waals surface area contributed by atoms with E-state index in [9.17, 15) is 9.59 Å². The van der Waals surface area contributed by atoms with Crippen LogP contribution < -0.4 is 21.5 Å². The third kappa shape index (κ3) is 5.13. The van der Waals surface area contributed by atoms with E-state index < -0.39 is 0 Å². The summed E-state index contributed by atoms with van der Waals surface area (Å²) < 4.78 is 11.6. The fourth-order valence-corrected chi connectivity index (χ4v) is 4.99. The molecule has 0 saturated carbocycles. The zero-order valence-corrected chi connectivity index (χ0v) is 20.2. The van der Waals surface area contributed by atoms with Crippen LogP contribution in [0.15, 0.2) is 48.0 Å². The molecular weight excluding hydrogens is 466 g/mol. The third-order valence-electron chi connectivity index (χ3n) is 5.70. The SMILES string of the molecule is C=C(N)c1sc2cc(-c3ccc(OC)c(C(=O)NCC(=O)N4CCOCC4)c3)ccc2c1N=CN. The number of carbonyl (C=O) groups is 2. The first kappa shape index (κ1) is 24.2. The van der Waals surface area contributed by atoms with Crippen molar-refractivity contribution in [1.82, 2.24) is 10.2 Å². The maximum atomic E-state index is 13.0. The highest BCUT2D eigenvalue weighted by Crippen LogP contribution is 2.42. The first-order chi connectivity index (χ1) is 16.9. The van der Waals surface area contributed by atoms with Crippen molar-refractivity contribution < 1.29 is 19.1 Å². The molecule has 10 heteroatoms. The van der Waals surface area contributed by atoms with Crippen molar-refractivity contribution in [2.45, 2.75) is 0 Å². The molecule has 1 aliphatic rings. The number of nitrogens with zero attached hydrogens (tertiary/aromatic N) is 2. The standard InChI is InChI=1S/C25H27N5O4S/c1-15(27)24-23(29-14-26)18-5-3-17(12-21(18)35-24)16-4-6-20(33-2)19(11-16)25(32)28-13-22(31)30-7-9-34-10-8-30/h3-6,11-12,14H,1,7-10,13,27H2,2H3,(H2,26,29)(H,28,32). The van der Waals surface area contributed by atoms with E-state index in [2.05, 4.69) is 16.9 Å². The summed E-state index contributed by atoms with van der Waals surface area (Å²) in [6.45, 7) is 5.80. The van der Waals surface area contributed by atoms with Gasteiger partial charge in [-0.1, -0.05) is 24.8 Å². The van der Waals surface area contributed by atoms with E-state index in [4.69, 9.17) is 20.9 Å². The predicted molar refractivity (Wildman–Crippen MR) is 139 cm³/mol. The van der Waals surface area contributed by atoms with Crippen LogP contribution in [0.4, 0.5) is 5.69 Å². The highest BCUT2D eigenvalue weighted by molar-refractivity contribution is 7.20. The lowest BCUT2D eigenvalue weighted by atomic mass is 10.0. The van der Waals surface area contributed by atoms with Crippen molar-refractivity contribution in [1.29, 1.82) is 0 Å². The van der Waals surface area contributed by atoms with Crippen LogP contribution in [-0.2, 0) is 9.53 Å². The van der Waals surface area contributed by atoms with E-state index in [1.807, 2.05) is 24.3 Å². The lowest BCUT2D eigenvalue weighted by molar-refractivity contribution is -0.134. The number of hydrogen-bond acceptors (Lipinski definition) is 7. The van der Waals surface area contributed by atoms with Crippen molar-refractivity contribution in [2.24, 2.45) is 16.5 Å². The molecule has 0 bridgehead atoms. The van der Waals surface area contributed by atoms with Crippen LogP contribution in [0, 0.1) is 0 Å². The Balaban J connectivity index is 1.60. The molecule has 2 aromatic carbocycles. The lowest BCUT2D eigenvalue weighted by Gasteiger charge is -2.26. The zero-order chi connectivity index (χ0) is 24.9. The monoisotopic (exact) mass is 493 g/mol. The van der Waals surface area contributed by atoms with E-state index in [1.165, 1.54) is 24.8 Å². The van der Waals surface area contributed by atoms with E-state index in [-0.39, 0.29) is 18.4 Å². The van der Waals surface area contributed by atoms with Gasteiger partial charge in [0.05, 0.1) is 49.3 Å². The van der Waals surface area contributed by atoms with Gasteiger partial charge in [-0.25, -0.2) is 4.99 Å². The van der Waals surface area contributed by atoms with Crippen molar-refractivity contribution in [2.75, 3.05) is 40.0 Å². The number of benzene rings is 2. The molecule has 1 saturated heterocycles. The Bertz CT molecular complexity index is 1310. The molecule has 0 spiro atoms.